The molecule has 0 unspecified atom stereocenters. The minimum atomic E-state index is -0.0557. The van der Waals surface area contributed by atoms with Crippen LogP contribution >= 0.6 is 0 Å². The Balaban J connectivity index is 1.92. The van der Waals surface area contributed by atoms with Gasteiger partial charge in [-0.1, -0.05) is 6.07 Å². The first-order valence-corrected chi connectivity index (χ1v) is 5.87. The molecule has 0 aliphatic heterocycles. The molecule has 5 nitrogen and oxygen atoms in total. The summed E-state index contributed by atoms with van der Waals surface area (Å²) in [7, 11) is 1.63. The second-order valence-corrected chi connectivity index (χ2v) is 3.96. The number of H-pyrrole nitrogens is 1. The van der Waals surface area contributed by atoms with Crippen molar-refractivity contribution in [3.63, 3.8) is 0 Å². The average molecular weight is 247 g/mol. The van der Waals surface area contributed by atoms with Gasteiger partial charge in [0.15, 0.2) is 0 Å². The Morgan fingerprint density at radius 2 is 2.28 bits per heavy atom. The number of carbonyl (C=O) groups excluding carboxylic acids is 1. The van der Waals surface area contributed by atoms with Crippen molar-refractivity contribution >= 4 is 22.5 Å². The zero-order chi connectivity index (χ0) is 12.8. The van der Waals surface area contributed by atoms with Crippen molar-refractivity contribution in [1.29, 1.82) is 0 Å². The van der Waals surface area contributed by atoms with Crippen molar-refractivity contribution in [2.75, 3.05) is 32.1 Å². The van der Waals surface area contributed by atoms with Crippen LogP contribution in [0.15, 0.2) is 30.5 Å². The van der Waals surface area contributed by atoms with E-state index in [0.29, 0.717) is 13.2 Å². The van der Waals surface area contributed by atoms with Gasteiger partial charge in [-0.05, 0) is 18.2 Å². The van der Waals surface area contributed by atoms with Crippen LogP contribution in [0.2, 0.25) is 0 Å². The van der Waals surface area contributed by atoms with E-state index in [1.54, 1.807) is 7.11 Å². The Hall–Kier alpha value is -1.85. The lowest BCUT2D eigenvalue weighted by Crippen LogP contribution is -2.30. The smallest absolute Gasteiger partial charge is 0.238 e. The third-order valence-electron chi connectivity index (χ3n) is 2.64. The molecule has 5 heteroatoms. The fraction of sp³-hybridized carbons (Fsp3) is 0.308. The van der Waals surface area contributed by atoms with E-state index < -0.39 is 0 Å². The first kappa shape index (κ1) is 12.6. The van der Waals surface area contributed by atoms with E-state index in [9.17, 15) is 4.79 Å². The second-order valence-electron chi connectivity index (χ2n) is 3.96. The van der Waals surface area contributed by atoms with Gasteiger partial charge in [0.25, 0.3) is 0 Å². The van der Waals surface area contributed by atoms with Crippen LogP contribution in [0.3, 0.4) is 0 Å². The number of hydrogen-bond donors (Lipinski definition) is 3. The molecule has 1 amide bonds. The molecule has 0 aliphatic rings. The third kappa shape index (κ3) is 3.09. The summed E-state index contributed by atoms with van der Waals surface area (Å²) in [6.07, 6.45) is 1.86. The average Bonchev–Trinajstić information content (AvgIpc) is 2.84. The Labute approximate surface area is 106 Å². The number of aromatic nitrogens is 1. The molecule has 0 spiro atoms. The monoisotopic (exact) mass is 247 g/mol. The molecule has 2 rings (SSSR count). The summed E-state index contributed by atoms with van der Waals surface area (Å²) in [5, 5.41) is 6.91. The molecule has 3 N–H and O–H groups in total. The summed E-state index contributed by atoms with van der Waals surface area (Å²) in [5.41, 5.74) is 1.84. The van der Waals surface area contributed by atoms with E-state index >= 15 is 0 Å². The van der Waals surface area contributed by atoms with E-state index in [-0.39, 0.29) is 12.5 Å². The van der Waals surface area contributed by atoms with Crippen molar-refractivity contribution in [3.05, 3.63) is 30.5 Å². The van der Waals surface area contributed by atoms with E-state index in [4.69, 9.17) is 4.74 Å². The minimum absolute atomic E-state index is 0.0557. The molecule has 0 saturated carbocycles. The molecule has 0 saturated heterocycles. The molecular weight excluding hydrogens is 230 g/mol. The highest BCUT2D eigenvalue weighted by Gasteiger charge is 2.05. The number of aromatic amines is 1. The van der Waals surface area contributed by atoms with Crippen LogP contribution in [-0.2, 0) is 9.53 Å². The van der Waals surface area contributed by atoms with Gasteiger partial charge in [-0.2, -0.15) is 0 Å². The van der Waals surface area contributed by atoms with E-state index in [2.05, 4.69) is 15.6 Å². The number of anilines is 1. The summed E-state index contributed by atoms with van der Waals surface area (Å²) < 4.78 is 4.89. The maximum atomic E-state index is 11.7. The van der Waals surface area contributed by atoms with Crippen molar-refractivity contribution < 1.29 is 9.53 Å². The summed E-state index contributed by atoms with van der Waals surface area (Å²) in [4.78, 5) is 14.8. The zero-order valence-corrected chi connectivity index (χ0v) is 10.3. The van der Waals surface area contributed by atoms with Gasteiger partial charge in [-0.25, -0.2) is 0 Å². The van der Waals surface area contributed by atoms with E-state index in [0.717, 1.165) is 16.6 Å². The molecule has 0 aliphatic carbocycles. The molecule has 1 aromatic carbocycles. The minimum Gasteiger partial charge on any atom is -0.383 e. The van der Waals surface area contributed by atoms with Crippen LogP contribution in [0.5, 0.6) is 0 Å². The van der Waals surface area contributed by atoms with Crippen molar-refractivity contribution in [1.82, 2.24) is 10.3 Å². The number of rotatable bonds is 6. The van der Waals surface area contributed by atoms with Gasteiger partial charge in [-0.15, -0.1) is 0 Å². The van der Waals surface area contributed by atoms with Gasteiger partial charge in [0, 0.05) is 30.8 Å². The Bertz CT molecular complexity index is 522. The molecule has 18 heavy (non-hydrogen) atoms. The lowest BCUT2D eigenvalue weighted by atomic mass is 10.2. The summed E-state index contributed by atoms with van der Waals surface area (Å²) in [5.74, 6) is -0.0557. The molecule has 2 aromatic rings. The number of methoxy groups -OCH3 is 1. The van der Waals surface area contributed by atoms with E-state index in [1.165, 1.54) is 0 Å². The largest absolute Gasteiger partial charge is 0.383 e. The topological polar surface area (TPSA) is 66.2 Å². The number of fused-ring (bicyclic) bond motifs is 1. The molecular formula is C13H17N3O2. The maximum Gasteiger partial charge on any atom is 0.238 e. The van der Waals surface area contributed by atoms with E-state index in [1.807, 2.05) is 30.5 Å². The highest BCUT2D eigenvalue weighted by Crippen LogP contribution is 2.21. The normalized spacial score (nSPS) is 10.7. The fourth-order valence-corrected chi connectivity index (χ4v) is 1.76. The number of ether oxygens (including phenoxy) is 1. The van der Waals surface area contributed by atoms with Crippen LogP contribution in [0.25, 0.3) is 10.9 Å². The van der Waals surface area contributed by atoms with Crippen LogP contribution < -0.4 is 10.6 Å². The number of hydrogen-bond acceptors (Lipinski definition) is 3. The van der Waals surface area contributed by atoms with Gasteiger partial charge in [-0.3, -0.25) is 4.79 Å². The van der Waals surface area contributed by atoms with Crippen LogP contribution in [-0.4, -0.2) is 37.7 Å². The molecule has 0 fully saturated rings. The molecule has 1 aromatic heterocycles. The predicted molar refractivity (Wildman–Crippen MR) is 71.7 cm³/mol. The van der Waals surface area contributed by atoms with Gasteiger partial charge < -0.3 is 20.4 Å². The van der Waals surface area contributed by atoms with Crippen LogP contribution in [0.4, 0.5) is 5.69 Å². The molecule has 96 valence electrons. The van der Waals surface area contributed by atoms with Gasteiger partial charge >= 0.3 is 0 Å². The quantitative estimate of drug-likeness (QED) is 0.675. The zero-order valence-electron chi connectivity index (χ0n) is 10.3. The second kappa shape index (κ2) is 6.18. The van der Waals surface area contributed by atoms with Crippen LogP contribution in [0, 0.1) is 0 Å². The molecule has 0 radical (unpaired) electrons. The van der Waals surface area contributed by atoms with Crippen molar-refractivity contribution in [2.24, 2.45) is 0 Å². The first-order valence-electron chi connectivity index (χ1n) is 5.87. The molecule has 0 bridgehead atoms. The fourth-order valence-electron chi connectivity index (χ4n) is 1.76. The summed E-state index contributed by atoms with van der Waals surface area (Å²) in [6, 6.07) is 7.72. The summed E-state index contributed by atoms with van der Waals surface area (Å²) >= 11 is 0. The number of benzene rings is 1. The van der Waals surface area contributed by atoms with Crippen molar-refractivity contribution in [3.8, 4) is 0 Å². The third-order valence-corrected chi connectivity index (χ3v) is 2.64. The SMILES string of the molecule is COCCNCC(=O)Nc1cccc2[nH]ccc12. The lowest BCUT2D eigenvalue weighted by molar-refractivity contribution is -0.115. The predicted octanol–water partition coefficient (Wildman–Crippen LogP) is 1.34. The summed E-state index contributed by atoms with van der Waals surface area (Å²) in [6.45, 7) is 1.54. The lowest BCUT2D eigenvalue weighted by Gasteiger charge is -2.07. The molecule has 0 atom stereocenters. The first-order chi connectivity index (χ1) is 8.81. The molecule has 1 heterocycles. The highest BCUT2D eigenvalue weighted by atomic mass is 16.5. The Morgan fingerprint density at radius 1 is 1.39 bits per heavy atom. The highest BCUT2D eigenvalue weighted by molar-refractivity contribution is 6.01. The van der Waals surface area contributed by atoms with Crippen LogP contribution in [0.1, 0.15) is 0 Å². The number of carbonyl (C=O) groups is 1. The number of nitrogens with one attached hydrogen (secondary N) is 3. The van der Waals surface area contributed by atoms with Gasteiger partial charge in [0.05, 0.1) is 18.8 Å². The Kier molecular flexibility index (Phi) is 4.33. The Morgan fingerprint density at radius 3 is 3.11 bits per heavy atom. The maximum absolute atomic E-state index is 11.7. The van der Waals surface area contributed by atoms with Gasteiger partial charge in [0.2, 0.25) is 5.91 Å². The van der Waals surface area contributed by atoms with Gasteiger partial charge in [0.1, 0.15) is 0 Å². The van der Waals surface area contributed by atoms with Crippen molar-refractivity contribution in [2.45, 2.75) is 0 Å². The number of amides is 1. The standard InChI is InChI=1S/C13H17N3O2/c1-18-8-7-14-9-13(17)16-12-4-2-3-11-10(12)5-6-15-11/h2-6,14-15H,7-9H2,1H3,(H,16,17).